The Morgan fingerprint density at radius 2 is 1.86 bits per heavy atom. The average Bonchev–Trinajstić information content (AvgIpc) is 2.91. The second-order valence-corrected chi connectivity index (χ2v) is 6.44. The van der Waals surface area contributed by atoms with Crippen LogP contribution in [0.1, 0.15) is 27.8 Å². The van der Waals surface area contributed by atoms with Gasteiger partial charge in [-0.15, -0.1) is 11.3 Å². The van der Waals surface area contributed by atoms with Gasteiger partial charge in [-0.1, -0.05) is 18.2 Å². The first-order valence-electron chi connectivity index (χ1n) is 7.06. The van der Waals surface area contributed by atoms with E-state index in [0.717, 1.165) is 27.5 Å². The van der Waals surface area contributed by atoms with Crippen molar-refractivity contribution in [2.75, 3.05) is 6.61 Å². The maximum Gasteiger partial charge on any atom is 0.277 e. The molecule has 0 saturated heterocycles. The van der Waals surface area contributed by atoms with Crippen LogP contribution in [0.5, 0.6) is 5.75 Å². The Labute approximate surface area is 134 Å². The first-order chi connectivity index (χ1) is 10.5. The number of hydrazone groups is 1. The largest absolute Gasteiger partial charge is 0.483 e. The average molecular weight is 316 g/mol. The van der Waals surface area contributed by atoms with Crippen molar-refractivity contribution in [3.05, 3.63) is 51.2 Å². The van der Waals surface area contributed by atoms with Gasteiger partial charge in [-0.2, -0.15) is 5.10 Å². The van der Waals surface area contributed by atoms with Crippen LogP contribution in [0.15, 0.2) is 35.4 Å². The summed E-state index contributed by atoms with van der Waals surface area (Å²) in [7, 11) is 0. The molecule has 2 rings (SSSR count). The summed E-state index contributed by atoms with van der Waals surface area (Å²) < 4.78 is 5.59. The third kappa shape index (κ3) is 4.18. The predicted octanol–water partition coefficient (Wildman–Crippen LogP) is 3.59. The Hall–Kier alpha value is -2.14. The molecule has 0 atom stereocenters. The standard InChI is InChI=1S/C17H20N2O2S/c1-11-6-5-7-12(2)17(11)21-10-16(20)19-18-14(4)15-9-8-13(3)22-15/h5-9H,10H2,1-4H3,(H,19,20)/b18-14-. The van der Waals surface area contributed by atoms with E-state index in [1.54, 1.807) is 11.3 Å². The number of hydrogen-bond acceptors (Lipinski definition) is 4. The summed E-state index contributed by atoms with van der Waals surface area (Å²) in [4.78, 5) is 14.1. The van der Waals surface area contributed by atoms with Gasteiger partial charge < -0.3 is 4.74 Å². The highest BCUT2D eigenvalue weighted by Crippen LogP contribution is 2.22. The zero-order valence-corrected chi connectivity index (χ0v) is 14.1. The van der Waals surface area contributed by atoms with E-state index in [1.165, 1.54) is 4.88 Å². The molecular formula is C17H20N2O2S. The number of nitrogens with one attached hydrogen (secondary N) is 1. The van der Waals surface area contributed by atoms with Gasteiger partial charge in [0.2, 0.25) is 0 Å². The van der Waals surface area contributed by atoms with Crippen molar-refractivity contribution in [1.29, 1.82) is 0 Å². The Balaban J connectivity index is 1.91. The van der Waals surface area contributed by atoms with Gasteiger partial charge >= 0.3 is 0 Å². The Morgan fingerprint density at radius 1 is 1.18 bits per heavy atom. The number of rotatable bonds is 5. The van der Waals surface area contributed by atoms with Gasteiger partial charge in [-0.3, -0.25) is 4.79 Å². The topological polar surface area (TPSA) is 50.7 Å². The number of carbonyl (C=O) groups excluding carboxylic acids is 1. The van der Waals surface area contributed by atoms with E-state index >= 15 is 0 Å². The molecule has 0 aliphatic carbocycles. The van der Waals surface area contributed by atoms with Crippen LogP contribution in [0.25, 0.3) is 0 Å². The van der Waals surface area contributed by atoms with Gasteiger partial charge in [-0.25, -0.2) is 5.43 Å². The molecule has 1 N–H and O–H groups in total. The van der Waals surface area contributed by atoms with E-state index in [4.69, 9.17) is 4.74 Å². The quantitative estimate of drug-likeness (QED) is 0.677. The van der Waals surface area contributed by atoms with Crippen molar-refractivity contribution in [2.24, 2.45) is 5.10 Å². The van der Waals surface area contributed by atoms with Gasteiger partial charge in [0, 0.05) is 4.88 Å². The molecule has 2 aromatic rings. The molecule has 0 unspecified atom stereocenters. The minimum Gasteiger partial charge on any atom is -0.483 e. The number of amides is 1. The fourth-order valence-electron chi connectivity index (χ4n) is 2.03. The van der Waals surface area contributed by atoms with E-state index in [0.29, 0.717) is 0 Å². The lowest BCUT2D eigenvalue weighted by Gasteiger charge is -2.10. The number of benzene rings is 1. The van der Waals surface area contributed by atoms with Crippen LogP contribution in [-0.2, 0) is 4.79 Å². The number of thiophene rings is 1. The second-order valence-electron chi connectivity index (χ2n) is 5.15. The summed E-state index contributed by atoms with van der Waals surface area (Å²) in [6, 6.07) is 9.92. The SMILES string of the molecule is C/C(=N/NC(=O)COc1c(C)cccc1C)c1ccc(C)s1. The molecule has 4 nitrogen and oxygen atoms in total. The van der Waals surface area contributed by atoms with Crippen LogP contribution in [-0.4, -0.2) is 18.2 Å². The fraction of sp³-hybridized carbons (Fsp3) is 0.294. The minimum atomic E-state index is -0.268. The normalized spacial score (nSPS) is 11.4. The summed E-state index contributed by atoms with van der Waals surface area (Å²) in [5, 5.41) is 4.11. The number of para-hydroxylation sites is 1. The molecule has 116 valence electrons. The number of nitrogens with zero attached hydrogens (tertiary/aromatic N) is 1. The van der Waals surface area contributed by atoms with E-state index in [-0.39, 0.29) is 12.5 Å². The van der Waals surface area contributed by atoms with Gasteiger partial charge in [-0.05, 0) is 51.0 Å². The van der Waals surface area contributed by atoms with Crippen molar-refractivity contribution in [3.8, 4) is 5.75 Å². The van der Waals surface area contributed by atoms with Crippen LogP contribution < -0.4 is 10.2 Å². The third-order valence-corrected chi connectivity index (χ3v) is 4.31. The molecule has 0 saturated carbocycles. The summed E-state index contributed by atoms with van der Waals surface area (Å²) >= 11 is 1.65. The van der Waals surface area contributed by atoms with Gasteiger partial charge in [0.15, 0.2) is 6.61 Å². The lowest BCUT2D eigenvalue weighted by atomic mass is 10.1. The first-order valence-corrected chi connectivity index (χ1v) is 7.88. The Morgan fingerprint density at radius 3 is 2.45 bits per heavy atom. The van der Waals surface area contributed by atoms with Gasteiger partial charge in [0.25, 0.3) is 5.91 Å². The molecule has 1 aromatic carbocycles. The van der Waals surface area contributed by atoms with Crippen LogP contribution in [0, 0.1) is 20.8 Å². The fourth-order valence-corrected chi connectivity index (χ4v) is 2.84. The highest BCUT2D eigenvalue weighted by Gasteiger charge is 2.07. The molecule has 1 heterocycles. The molecule has 0 fully saturated rings. The van der Waals surface area contributed by atoms with Gasteiger partial charge in [0.05, 0.1) is 10.6 Å². The second kappa shape index (κ2) is 7.22. The van der Waals surface area contributed by atoms with Crippen LogP contribution in [0.4, 0.5) is 0 Å². The molecular weight excluding hydrogens is 296 g/mol. The lowest BCUT2D eigenvalue weighted by Crippen LogP contribution is -2.25. The number of carbonyl (C=O) groups is 1. The van der Waals surface area contributed by atoms with E-state index < -0.39 is 0 Å². The van der Waals surface area contributed by atoms with E-state index in [9.17, 15) is 4.79 Å². The monoisotopic (exact) mass is 316 g/mol. The molecule has 1 amide bonds. The van der Waals surface area contributed by atoms with Crippen molar-refractivity contribution < 1.29 is 9.53 Å². The molecule has 0 aliphatic rings. The van der Waals surface area contributed by atoms with Crippen molar-refractivity contribution in [2.45, 2.75) is 27.7 Å². The Bertz CT molecular complexity index is 684. The lowest BCUT2D eigenvalue weighted by molar-refractivity contribution is -0.123. The van der Waals surface area contributed by atoms with E-state index in [2.05, 4.69) is 10.5 Å². The maximum absolute atomic E-state index is 11.8. The van der Waals surface area contributed by atoms with Crippen molar-refractivity contribution in [1.82, 2.24) is 5.43 Å². The Kier molecular flexibility index (Phi) is 5.33. The summed E-state index contributed by atoms with van der Waals surface area (Å²) in [6.07, 6.45) is 0. The van der Waals surface area contributed by atoms with Crippen LogP contribution in [0.2, 0.25) is 0 Å². The highest BCUT2D eigenvalue weighted by molar-refractivity contribution is 7.14. The van der Waals surface area contributed by atoms with Crippen LogP contribution in [0.3, 0.4) is 0 Å². The molecule has 1 aromatic heterocycles. The summed E-state index contributed by atoms with van der Waals surface area (Å²) in [5.74, 6) is 0.488. The molecule has 22 heavy (non-hydrogen) atoms. The summed E-state index contributed by atoms with van der Waals surface area (Å²) in [5.41, 5.74) is 5.35. The van der Waals surface area contributed by atoms with Crippen LogP contribution >= 0.6 is 11.3 Å². The highest BCUT2D eigenvalue weighted by atomic mass is 32.1. The number of aryl methyl sites for hydroxylation is 3. The predicted molar refractivity (Wildman–Crippen MR) is 90.8 cm³/mol. The van der Waals surface area contributed by atoms with Crippen molar-refractivity contribution >= 4 is 23.0 Å². The van der Waals surface area contributed by atoms with Gasteiger partial charge in [0.1, 0.15) is 5.75 Å². The minimum absolute atomic E-state index is 0.0497. The molecule has 0 bridgehead atoms. The third-order valence-electron chi connectivity index (χ3n) is 3.20. The zero-order valence-electron chi connectivity index (χ0n) is 13.3. The smallest absolute Gasteiger partial charge is 0.277 e. The first kappa shape index (κ1) is 16.2. The van der Waals surface area contributed by atoms with E-state index in [1.807, 2.05) is 58.0 Å². The zero-order chi connectivity index (χ0) is 16.1. The number of ether oxygens (including phenoxy) is 1. The van der Waals surface area contributed by atoms with Crippen molar-refractivity contribution in [3.63, 3.8) is 0 Å². The number of hydrogen-bond donors (Lipinski definition) is 1. The molecule has 0 aliphatic heterocycles. The maximum atomic E-state index is 11.8. The molecule has 0 radical (unpaired) electrons. The molecule has 5 heteroatoms. The molecule has 0 spiro atoms. The summed E-state index contributed by atoms with van der Waals surface area (Å²) in [6.45, 7) is 7.78.